The summed E-state index contributed by atoms with van der Waals surface area (Å²) in [6.07, 6.45) is 0. The fourth-order valence-electron chi connectivity index (χ4n) is 1.76. The summed E-state index contributed by atoms with van der Waals surface area (Å²) in [7, 11) is -1.98. The molecule has 0 aromatic heterocycles. The van der Waals surface area contributed by atoms with Crippen LogP contribution in [0.3, 0.4) is 0 Å². The Morgan fingerprint density at radius 2 is 1.81 bits per heavy atom. The molecule has 0 fully saturated rings. The van der Waals surface area contributed by atoms with Gasteiger partial charge in [0.1, 0.15) is 5.82 Å². The summed E-state index contributed by atoms with van der Waals surface area (Å²) in [4.78, 5) is 0.0525. The first kappa shape index (κ1) is 15.8. The molecule has 2 aromatic carbocycles. The molecule has 0 heterocycles. The minimum absolute atomic E-state index is 0.0525. The van der Waals surface area contributed by atoms with Gasteiger partial charge in [0.15, 0.2) is 0 Å². The van der Waals surface area contributed by atoms with Crippen molar-refractivity contribution < 1.29 is 12.8 Å². The molecular weight excluding hydrogens is 315 g/mol. The first-order valence-corrected chi connectivity index (χ1v) is 8.00. The molecule has 21 heavy (non-hydrogen) atoms. The number of halogens is 2. The van der Waals surface area contributed by atoms with Gasteiger partial charge in [0.25, 0.3) is 10.0 Å². The molecule has 0 spiro atoms. The number of nitrogens with one attached hydrogen (secondary N) is 2. The zero-order valence-corrected chi connectivity index (χ0v) is 12.8. The van der Waals surface area contributed by atoms with Gasteiger partial charge in [0, 0.05) is 17.3 Å². The summed E-state index contributed by atoms with van der Waals surface area (Å²) in [6.45, 7) is 0.546. The molecule has 0 amide bonds. The molecule has 0 bridgehead atoms. The summed E-state index contributed by atoms with van der Waals surface area (Å²) < 4.78 is 39.6. The first-order valence-electron chi connectivity index (χ1n) is 6.14. The van der Waals surface area contributed by atoms with Crippen LogP contribution in [0.2, 0.25) is 5.02 Å². The van der Waals surface area contributed by atoms with E-state index in [0.29, 0.717) is 11.6 Å². The van der Waals surface area contributed by atoms with Gasteiger partial charge in [0.05, 0.1) is 4.90 Å². The zero-order chi connectivity index (χ0) is 15.5. The fourth-order valence-corrected chi connectivity index (χ4v) is 3.16. The van der Waals surface area contributed by atoms with Gasteiger partial charge in [-0.05, 0) is 49.0 Å². The summed E-state index contributed by atoms with van der Waals surface area (Å²) in [5, 5.41) is 3.31. The highest BCUT2D eigenvalue weighted by molar-refractivity contribution is 7.92. The normalized spacial score (nSPS) is 11.4. The highest BCUT2D eigenvalue weighted by atomic mass is 35.5. The Balaban J connectivity index is 2.27. The van der Waals surface area contributed by atoms with Gasteiger partial charge in [-0.25, -0.2) is 12.8 Å². The minimum Gasteiger partial charge on any atom is -0.316 e. The van der Waals surface area contributed by atoms with Crippen LogP contribution in [0.15, 0.2) is 47.4 Å². The Labute approximate surface area is 128 Å². The van der Waals surface area contributed by atoms with Crippen molar-refractivity contribution in [1.29, 1.82) is 0 Å². The molecule has 2 N–H and O–H groups in total. The minimum atomic E-state index is -3.76. The lowest BCUT2D eigenvalue weighted by molar-refractivity contribution is 0.601. The van der Waals surface area contributed by atoms with Crippen LogP contribution in [0, 0.1) is 5.82 Å². The van der Waals surface area contributed by atoms with E-state index in [1.807, 2.05) is 0 Å². The third kappa shape index (κ3) is 3.93. The van der Waals surface area contributed by atoms with Crippen LogP contribution in [0.1, 0.15) is 5.56 Å². The lowest BCUT2D eigenvalue weighted by Crippen LogP contribution is -2.13. The summed E-state index contributed by atoms with van der Waals surface area (Å²) in [6, 6.07) is 9.58. The lowest BCUT2D eigenvalue weighted by Gasteiger charge is -2.10. The second kappa shape index (κ2) is 6.43. The van der Waals surface area contributed by atoms with Gasteiger partial charge in [-0.2, -0.15) is 0 Å². The third-order valence-corrected chi connectivity index (χ3v) is 4.53. The number of hydrogen-bond donors (Lipinski definition) is 2. The average Bonchev–Trinajstić information content (AvgIpc) is 2.43. The van der Waals surface area contributed by atoms with Crippen LogP contribution in [0.5, 0.6) is 0 Å². The molecule has 0 aliphatic carbocycles. The molecule has 2 rings (SSSR count). The van der Waals surface area contributed by atoms with E-state index in [4.69, 9.17) is 11.6 Å². The number of hydrogen-bond acceptors (Lipinski definition) is 3. The van der Waals surface area contributed by atoms with Gasteiger partial charge in [-0.15, -0.1) is 0 Å². The second-order valence-corrected chi connectivity index (χ2v) is 6.49. The molecule has 0 saturated heterocycles. The highest BCUT2D eigenvalue weighted by Gasteiger charge is 2.15. The molecule has 4 nitrogen and oxygen atoms in total. The smallest absolute Gasteiger partial charge is 0.261 e. The van der Waals surface area contributed by atoms with Crippen LogP contribution in [-0.4, -0.2) is 15.5 Å². The van der Waals surface area contributed by atoms with Crippen LogP contribution in [0.25, 0.3) is 0 Å². The van der Waals surface area contributed by atoms with Crippen molar-refractivity contribution >= 4 is 27.3 Å². The van der Waals surface area contributed by atoms with E-state index in [2.05, 4.69) is 10.0 Å². The van der Waals surface area contributed by atoms with E-state index in [1.165, 1.54) is 36.4 Å². The van der Waals surface area contributed by atoms with E-state index in [0.717, 1.165) is 5.56 Å². The van der Waals surface area contributed by atoms with E-state index in [9.17, 15) is 12.8 Å². The number of benzene rings is 2. The topological polar surface area (TPSA) is 58.2 Å². The Kier molecular flexibility index (Phi) is 4.82. The van der Waals surface area contributed by atoms with Crippen LogP contribution < -0.4 is 10.0 Å². The predicted octanol–water partition coefficient (Wildman–Crippen LogP) is 3.00. The standard InChI is InChI=1S/C14H14ClFN2O2S/c1-17-9-10-2-7-13(8-14(10)15)21(19,20)18-12-5-3-11(16)4-6-12/h2-8,17-18H,9H2,1H3. The van der Waals surface area contributed by atoms with Crippen molar-refractivity contribution in [3.05, 3.63) is 58.9 Å². The molecule has 0 radical (unpaired) electrons. The SMILES string of the molecule is CNCc1ccc(S(=O)(=O)Nc2ccc(F)cc2)cc1Cl. The van der Waals surface area contributed by atoms with Crippen molar-refractivity contribution in [3.63, 3.8) is 0 Å². The van der Waals surface area contributed by atoms with Crippen molar-refractivity contribution in [2.45, 2.75) is 11.4 Å². The largest absolute Gasteiger partial charge is 0.316 e. The Morgan fingerprint density at radius 3 is 2.38 bits per heavy atom. The van der Waals surface area contributed by atoms with Crippen LogP contribution in [0.4, 0.5) is 10.1 Å². The van der Waals surface area contributed by atoms with E-state index < -0.39 is 15.8 Å². The Morgan fingerprint density at radius 1 is 1.14 bits per heavy atom. The highest BCUT2D eigenvalue weighted by Crippen LogP contribution is 2.23. The molecule has 0 saturated carbocycles. The monoisotopic (exact) mass is 328 g/mol. The number of rotatable bonds is 5. The molecule has 0 aliphatic heterocycles. The maximum absolute atomic E-state index is 12.8. The van der Waals surface area contributed by atoms with Crippen molar-refractivity contribution in [3.8, 4) is 0 Å². The van der Waals surface area contributed by atoms with E-state index in [-0.39, 0.29) is 10.6 Å². The zero-order valence-electron chi connectivity index (χ0n) is 11.2. The van der Waals surface area contributed by atoms with Gasteiger partial charge in [-0.3, -0.25) is 4.72 Å². The van der Waals surface area contributed by atoms with Gasteiger partial charge < -0.3 is 5.32 Å². The van der Waals surface area contributed by atoms with Gasteiger partial charge >= 0.3 is 0 Å². The quantitative estimate of drug-likeness (QED) is 0.887. The average molecular weight is 329 g/mol. The number of anilines is 1. The summed E-state index contributed by atoms with van der Waals surface area (Å²) in [5.41, 5.74) is 1.09. The first-order chi connectivity index (χ1) is 9.92. The molecule has 7 heteroatoms. The maximum atomic E-state index is 12.8. The lowest BCUT2D eigenvalue weighted by atomic mass is 10.2. The van der Waals surface area contributed by atoms with E-state index in [1.54, 1.807) is 13.1 Å². The van der Waals surface area contributed by atoms with Crippen LogP contribution in [-0.2, 0) is 16.6 Å². The fraction of sp³-hybridized carbons (Fsp3) is 0.143. The Hall–Kier alpha value is -1.63. The maximum Gasteiger partial charge on any atom is 0.261 e. The number of sulfonamides is 1. The molecule has 2 aromatic rings. The molecule has 0 unspecified atom stereocenters. The van der Waals surface area contributed by atoms with Crippen molar-refractivity contribution in [2.75, 3.05) is 11.8 Å². The van der Waals surface area contributed by atoms with Crippen molar-refractivity contribution in [2.24, 2.45) is 0 Å². The molecule has 0 aliphatic rings. The van der Waals surface area contributed by atoms with Crippen LogP contribution >= 0.6 is 11.6 Å². The molecule has 0 atom stereocenters. The van der Waals surface area contributed by atoms with Crippen molar-refractivity contribution in [1.82, 2.24) is 5.32 Å². The molecular formula is C14H14ClFN2O2S. The second-order valence-electron chi connectivity index (χ2n) is 4.40. The Bertz CT molecular complexity index is 733. The third-order valence-electron chi connectivity index (χ3n) is 2.80. The summed E-state index contributed by atoms with van der Waals surface area (Å²) >= 11 is 6.06. The predicted molar refractivity (Wildman–Crippen MR) is 81.4 cm³/mol. The van der Waals surface area contributed by atoms with Gasteiger partial charge in [0.2, 0.25) is 0 Å². The molecule has 112 valence electrons. The summed E-state index contributed by atoms with van der Waals surface area (Å²) in [5.74, 6) is -0.433. The van der Waals surface area contributed by atoms with Gasteiger partial charge in [-0.1, -0.05) is 17.7 Å². The van der Waals surface area contributed by atoms with E-state index >= 15 is 0 Å².